The standard InChI is InChI=1S/C11H13IN2O2/c1-2-14(7-10(13)15)11(16)8-3-5-9(12)6-4-8/h3-6H,2,7H2,1H3,(H2,13,15). The van der Waals surface area contributed by atoms with Crippen molar-refractivity contribution >= 4 is 34.4 Å². The van der Waals surface area contributed by atoms with Gasteiger partial charge in [0.2, 0.25) is 5.91 Å². The first-order valence-corrected chi connectivity index (χ1v) is 5.95. The molecule has 0 aliphatic heterocycles. The van der Waals surface area contributed by atoms with Crippen molar-refractivity contribution in [2.24, 2.45) is 5.73 Å². The monoisotopic (exact) mass is 332 g/mol. The van der Waals surface area contributed by atoms with E-state index in [4.69, 9.17) is 5.73 Å². The lowest BCUT2D eigenvalue weighted by Gasteiger charge is -2.18. The van der Waals surface area contributed by atoms with Crippen LogP contribution in [0.15, 0.2) is 24.3 Å². The number of nitrogens with two attached hydrogens (primary N) is 1. The minimum atomic E-state index is -0.499. The molecule has 4 nitrogen and oxygen atoms in total. The molecular formula is C11H13IN2O2. The third-order valence-electron chi connectivity index (χ3n) is 2.11. The van der Waals surface area contributed by atoms with E-state index in [2.05, 4.69) is 22.6 Å². The van der Waals surface area contributed by atoms with Gasteiger partial charge in [0, 0.05) is 15.7 Å². The van der Waals surface area contributed by atoms with E-state index in [-0.39, 0.29) is 12.5 Å². The quantitative estimate of drug-likeness (QED) is 0.843. The Balaban J connectivity index is 2.82. The van der Waals surface area contributed by atoms with Crippen LogP contribution in [0.2, 0.25) is 0 Å². The SMILES string of the molecule is CCN(CC(N)=O)C(=O)c1ccc(I)cc1. The molecule has 1 aromatic carbocycles. The summed E-state index contributed by atoms with van der Waals surface area (Å²) in [5.41, 5.74) is 5.65. The number of benzene rings is 1. The second-order valence-electron chi connectivity index (χ2n) is 3.29. The van der Waals surface area contributed by atoms with Gasteiger partial charge in [0.15, 0.2) is 0 Å². The van der Waals surface area contributed by atoms with Gasteiger partial charge < -0.3 is 10.6 Å². The van der Waals surface area contributed by atoms with Crippen molar-refractivity contribution in [2.45, 2.75) is 6.92 Å². The summed E-state index contributed by atoms with van der Waals surface area (Å²) in [6.07, 6.45) is 0. The lowest BCUT2D eigenvalue weighted by molar-refractivity contribution is -0.118. The van der Waals surface area contributed by atoms with Crippen molar-refractivity contribution in [3.8, 4) is 0 Å². The number of likely N-dealkylation sites (N-methyl/N-ethyl adjacent to an activating group) is 1. The van der Waals surface area contributed by atoms with E-state index in [0.29, 0.717) is 12.1 Å². The van der Waals surface area contributed by atoms with Crippen molar-refractivity contribution in [1.82, 2.24) is 4.90 Å². The zero-order valence-electron chi connectivity index (χ0n) is 8.94. The fraction of sp³-hybridized carbons (Fsp3) is 0.273. The van der Waals surface area contributed by atoms with Crippen LogP contribution in [0.5, 0.6) is 0 Å². The number of carbonyl (C=O) groups excluding carboxylic acids is 2. The Morgan fingerprint density at radius 3 is 2.31 bits per heavy atom. The number of primary amides is 1. The average molecular weight is 332 g/mol. The van der Waals surface area contributed by atoms with Crippen molar-refractivity contribution in [3.05, 3.63) is 33.4 Å². The first-order valence-electron chi connectivity index (χ1n) is 4.87. The molecule has 0 saturated carbocycles. The van der Waals surface area contributed by atoms with Gasteiger partial charge in [-0.25, -0.2) is 0 Å². The highest BCUT2D eigenvalue weighted by atomic mass is 127. The lowest BCUT2D eigenvalue weighted by Crippen LogP contribution is -2.38. The van der Waals surface area contributed by atoms with E-state index in [9.17, 15) is 9.59 Å². The first kappa shape index (κ1) is 13.0. The highest BCUT2D eigenvalue weighted by molar-refractivity contribution is 14.1. The van der Waals surface area contributed by atoms with Gasteiger partial charge in [-0.3, -0.25) is 9.59 Å². The van der Waals surface area contributed by atoms with Crippen LogP contribution < -0.4 is 5.73 Å². The maximum Gasteiger partial charge on any atom is 0.254 e. The average Bonchev–Trinajstić information content (AvgIpc) is 2.25. The molecule has 0 bridgehead atoms. The molecule has 0 radical (unpaired) electrons. The number of hydrogen-bond acceptors (Lipinski definition) is 2. The van der Waals surface area contributed by atoms with E-state index in [1.54, 1.807) is 12.1 Å². The summed E-state index contributed by atoms with van der Waals surface area (Å²) in [5, 5.41) is 0. The number of carbonyl (C=O) groups is 2. The van der Waals surface area contributed by atoms with Crippen molar-refractivity contribution in [1.29, 1.82) is 0 Å². The van der Waals surface area contributed by atoms with Gasteiger partial charge in [0.25, 0.3) is 5.91 Å². The topological polar surface area (TPSA) is 63.4 Å². The molecule has 1 rings (SSSR count). The maximum atomic E-state index is 11.9. The Kier molecular flexibility index (Phi) is 4.72. The third kappa shape index (κ3) is 3.48. The molecule has 0 aliphatic rings. The van der Waals surface area contributed by atoms with Crippen LogP contribution in [0.1, 0.15) is 17.3 Å². The van der Waals surface area contributed by atoms with Crippen LogP contribution in [0.4, 0.5) is 0 Å². The Bertz CT molecular complexity index is 389. The van der Waals surface area contributed by atoms with E-state index >= 15 is 0 Å². The smallest absolute Gasteiger partial charge is 0.254 e. The summed E-state index contributed by atoms with van der Waals surface area (Å²) in [5.74, 6) is -0.668. The maximum absolute atomic E-state index is 11.9. The zero-order valence-corrected chi connectivity index (χ0v) is 11.1. The summed E-state index contributed by atoms with van der Waals surface area (Å²) < 4.78 is 1.06. The Hall–Kier alpha value is -1.11. The van der Waals surface area contributed by atoms with E-state index in [0.717, 1.165) is 3.57 Å². The zero-order chi connectivity index (χ0) is 12.1. The normalized spacial score (nSPS) is 9.88. The van der Waals surface area contributed by atoms with Crippen molar-refractivity contribution in [3.63, 3.8) is 0 Å². The fourth-order valence-electron chi connectivity index (χ4n) is 1.29. The minimum absolute atomic E-state index is 0.0404. The molecule has 0 aromatic heterocycles. The fourth-order valence-corrected chi connectivity index (χ4v) is 1.65. The van der Waals surface area contributed by atoms with Gasteiger partial charge in [-0.05, 0) is 53.8 Å². The Morgan fingerprint density at radius 1 is 1.31 bits per heavy atom. The molecule has 86 valence electrons. The van der Waals surface area contributed by atoms with Crippen LogP contribution in [0.3, 0.4) is 0 Å². The van der Waals surface area contributed by atoms with Gasteiger partial charge in [0.05, 0.1) is 6.54 Å². The summed E-state index contributed by atoms with van der Waals surface area (Å²) >= 11 is 2.17. The van der Waals surface area contributed by atoms with Crippen molar-refractivity contribution in [2.75, 3.05) is 13.1 Å². The van der Waals surface area contributed by atoms with Crippen LogP contribution in [0.25, 0.3) is 0 Å². The van der Waals surface area contributed by atoms with Crippen LogP contribution >= 0.6 is 22.6 Å². The van der Waals surface area contributed by atoms with E-state index in [1.165, 1.54) is 4.90 Å². The Morgan fingerprint density at radius 2 is 1.88 bits per heavy atom. The van der Waals surface area contributed by atoms with E-state index in [1.807, 2.05) is 19.1 Å². The molecule has 0 aliphatic carbocycles. The van der Waals surface area contributed by atoms with Crippen molar-refractivity contribution < 1.29 is 9.59 Å². The minimum Gasteiger partial charge on any atom is -0.368 e. The molecule has 0 spiro atoms. The van der Waals surface area contributed by atoms with Crippen LogP contribution in [-0.4, -0.2) is 29.8 Å². The third-order valence-corrected chi connectivity index (χ3v) is 2.83. The first-order chi connectivity index (χ1) is 7.54. The van der Waals surface area contributed by atoms with E-state index < -0.39 is 5.91 Å². The molecule has 0 fully saturated rings. The number of amides is 2. The molecule has 0 unspecified atom stereocenters. The van der Waals surface area contributed by atoms with Gasteiger partial charge in [-0.15, -0.1) is 0 Å². The molecule has 2 N–H and O–H groups in total. The molecule has 2 amide bonds. The molecule has 0 heterocycles. The van der Waals surface area contributed by atoms with Crippen LogP contribution in [0, 0.1) is 3.57 Å². The molecule has 16 heavy (non-hydrogen) atoms. The highest BCUT2D eigenvalue weighted by Crippen LogP contribution is 2.09. The van der Waals surface area contributed by atoms with Gasteiger partial charge in [-0.1, -0.05) is 0 Å². The summed E-state index contributed by atoms with van der Waals surface area (Å²) in [6.45, 7) is 2.24. The van der Waals surface area contributed by atoms with Gasteiger partial charge >= 0.3 is 0 Å². The molecule has 0 saturated heterocycles. The second-order valence-corrected chi connectivity index (χ2v) is 4.54. The summed E-state index contributed by atoms with van der Waals surface area (Å²) in [6, 6.07) is 7.19. The summed E-state index contributed by atoms with van der Waals surface area (Å²) in [4.78, 5) is 24.1. The largest absolute Gasteiger partial charge is 0.368 e. The molecule has 0 atom stereocenters. The molecular weight excluding hydrogens is 319 g/mol. The predicted molar refractivity (Wildman–Crippen MR) is 69.9 cm³/mol. The number of hydrogen-bond donors (Lipinski definition) is 1. The summed E-state index contributed by atoms with van der Waals surface area (Å²) in [7, 11) is 0. The number of halogens is 1. The van der Waals surface area contributed by atoms with Gasteiger partial charge in [0.1, 0.15) is 0 Å². The number of rotatable bonds is 4. The molecule has 1 aromatic rings. The second kappa shape index (κ2) is 5.83. The molecule has 5 heteroatoms. The van der Waals surface area contributed by atoms with Crippen LogP contribution in [-0.2, 0) is 4.79 Å². The Labute approximate surface area is 108 Å². The highest BCUT2D eigenvalue weighted by Gasteiger charge is 2.15. The number of nitrogens with zero attached hydrogens (tertiary/aromatic N) is 1. The lowest BCUT2D eigenvalue weighted by atomic mass is 10.2. The van der Waals surface area contributed by atoms with Gasteiger partial charge in [-0.2, -0.15) is 0 Å². The predicted octanol–water partition coefficient (Wildman–Crippen LogP) is 1.24.